The summed E-state index contributed by atoms with van der Waals surface area (Å²) in [7, 11) is 1.72. The molecular formula is C25H24ClN5O4. The van der Waals surface area contributed by atoms with Gasteiger partial charge in [-0.05, 0) is 45.0 Å². The molecule has 0 bridgehead atoms. The second kappa shape index (κ2) is 9.63. The fraction of sp³-hybridized carbons (Fsp3) is 0.200. The number of para-hydroxylation sites is 2. The van der Waals surface area contributed by atoms with Gasteiger partial charge in [0.25, 0.3) is 11.5 Å². The van der Waals surface area contributed by atoms with Gasteiger partial charge in [-0.3, -0.25) is 14.3 Å². The van der Waals surface area contributed by atoms with Gasteiger partial charge in [0.05, 0.1) is 22.8 Å². The number of hydrogen-bond acceptors (Lipinski definition) is 5. The van der Waals surface area contributed by atoms with Crippen molar-refractivity contribution in [3.8, 4) is 11.4 Å². The van der Waals surface area contributed by atoms with Crippen molar-refractivity contribution in [2.45, 2.75) is 26.9 Å². The number of ether oxygens (including phenoxy) is 1. The van der Waals surface area contributed by atoms with E-state index in [1.165, 1.54) is 16.3 Å². The van der Waals surface area contributed by atoms with Crippen molar-refractivity contribution in [1.29, 1.82) is 0 Å². The Hall–Kier alpha value is -4.11. The van der Waals surface area contributed by atoms with Crippen molar-refractivity contribution < 1.29 is 14.3 Å². The first-order chi connectivity index (χ1) is 16.7. The summed E-state index contributed by atoms with van der Waals surface area (Å²) in [4.78, 5) is 38.7. The van der Waals surface area contributed by atoms with Gasteiger partial charge in [0.15, 0.2) is 6.10 Å². The van der Waals surface area contributed by atoms with E-state index in [1.54, 1.807) is 49.8 Å². The fourth-order valence-corrected chi connectivity index (χ4v) is 4.03. The molecule has 0 aliphatic heterocycles. The maximum atomic E-state index is 13.0. The van der Waals surface area contributed by atoms with Gasteiger partial charge >= 0.3 is 5.97 Å². The smallest absolute Gasteiger partial charge is 0.344 e. The summed E-state index contributed by atoms with van der Waals surface area (Å²) in [6, 6.07) is 18.2. The lowest BCUT2D eigenvalue weighted by atomic mass is 10.2. The summed E-state index contributed by atoms with van der Waals surface area (Å²) in [5.74, 6) is -1.43. The molecule has 1 N–H and O–H groups in total. The van der Waals surface area contributed by atoms with Crippen LogP contribution < -0.4 is 10.9 Å². The predicted molar refractivity (Wildman–Crippen MR) is 133 cm³/mol. The lowest BCUT2D eigenvalue weighted by Gasteiger charge is -2.13. The molecule has 2 aromatic heterocycles. The van der Waals surface area contributed by atoms with E-state index in [-0.39, 0.29) is 16.4 Å². The van der Waals surface area contributed by atoms with Crippen LogP contribution in [-0.4, -0.2) is 37.1 Å². The number of anilines is 1. The van der Waals surface area contributed by atoms with Crippen LogP contribution in [-0.2, 0) is 16.6 Å². The SMILES string of the molecule is Cc1nn(-c2ccccc2)c(Cl)c1C(=O)OC(C)C(=O)Nc1c(C)n(C)n(-c2ccccc2)c1=O. The number of nitrogens with one attached hydrogen (secondary N) is 1. The van der Waals surface area contributed by atoms with Crippen LogP contribution in [0.3, 0.4) is 0 Å². The monoisotopic (exact) mass is 493 g/mol. The van der Waals surface area contributed by atoms with E-state index in [1.807, 2.05) is 36.4 Å². The third-order valence-corrected chi connectivity index (χ3v) is 6.01. The van der Waals surface area contributed by atoms with Gasteiger partial charge in [0, 0.05) is 7.05 Å². The number of benzene rings is 2. The standard InChI is InChI=1S/C25H24ClN5O4/c1-15-20(22(26)30(28-15)18-11-7-5-8-12-18)25(34)35-17(3)23(32)27-21-16(2)29(4)31(24(21)33)19-13-9-6-10-14-19/h5-14,17H,1-4H3,(H,27,32). The largest absolute Gasteiger partial charge is 0.449 e. The Bertz CT molecular complexity index is 1450. The van der Waals surface area contributed by atoms with Gasteiger partial charge in [-0.1, -0.05) is 48.0 Å². The minimum atomic E-state index is -1.19. The van der Waals surface area contributed by atoms with Gasteiger partial charge in [-0.15, -0.1) is 0 Å². The van der Waals surface area contributed by atoms with Gasteiger partial charge < -0.3 is 10.1 Å². The molecule has 35 heavy (non-hydrogen) atoms. The van der Waals surface area contributed by atoms with Gasteiger partial charge in [-0.2, -0.15) is 5.10 Å². The number of nitrogens with zero attached hydrogens (tertiary/aromatic N) is 4. The Kier molecular flexibility index (Phi) is 6.61. The highest BCUT2D eigenvalue weighted by Gasteiger charge is 2.27. The molecule has 1 unspecified atom stereocenters. The fourth-order valence-electron chi connectivity index (χ4n) is 3.68. The molecule has 9 nitrogen and oxygen atoms in total. The molecule has 180 valence electrons. The van der Waals surface area contributed by atoms with E-state index >= 15 is 0 Å². The third kappa shape index (κ3) is 4.50. The zero-order chi connectivity index (χ0) is 25.3. The van der Waals surface area contributed by atoms with Crippen LogP contribution in [0, 0.1) is 13.8 Å². The first-order valence-electron chi connectivity index (χ1n) is 10.9. The van der Waals surface area contributed by atoms with Gasteiger partial charge in [-0.25, -0.2) is 14.2 Å². The molecule has 2 heterocycles. The minimum absolute atomic E-state index is 0.0671. The Balaban J connectivity index is 1.53. The van der Waals surface area contributed by atoms with Gasteiger partial charge in [0.1, 0.15) is 16.4 Å². The van der Waals surface area contributed by atoms with E-state index in [0.29, 0.717) is 22.8 Å². The second-order valence-corrected chi connectivity index (χ2v) is 8.33. The van der Waals surface area contributed by atoms with Crippen molar-refractivity contribution >= 4 is 29.2 Å². The average Bonchev–Trinajstić information content (AvgIpc) is 3.26. The molecule has 0 saturated heterocycles. The Labute approximate surface area is 206 Å². The molecule has 2 aromatic carbocycles. The highest BCUT2D eigenvalue weighted by atomic mass is 35.5. The van der Waals surface area contributed by atoms with Crippen molar-refractivity contribution in [3.63, 3.8) is 0 Å². The van der Waals surface area contributed by atoms with Crippen LogP contribution in [0.15, 0.2) is 65.5 Å². The first-order valence-corrected chi connectivity index (χ1v) is 11.2. The van der Waals surface area contributed by atoms with Crippen LogP contribution in [0.2, 0.25) is 5.15 Å². The van der Waals surface area contributed by atoms with E-state index in [0.717, 1.165) is 0 Å². The molecule has 0 radical (unpaired) electrons. The summed E-state index contributed by atoms with van der Waals surface area (Å²) in [5, 5.41) is 7.00. The zero-order valence-electron chi connectivity index (χ0n) is 19.7. The van der Waals surface area contributed by atoms with Crippen LogP contribution >= 0.6 is 11.6 Å². The predicted octanol–water partition coefficient (Wildman–Crippen LogP) is 3.82. The Morgan fingerprint density at radius 1 is 1.00 bits per heavy atom. The quantitative estimate of drug-likeness (QED) is 0.412. The summed E-state index contributed by atoms with van der Waals surface area (Å²) in [6.45, 7) is 4.77. The number of carbonyl (C=O) groups is 2. The van der Waals surface area contributed by atoms with E-state index in [9.17, 15) is 14.4 Å². The highest BCUT2D eigenvalue weighted by molar-refractivity contribution is 6.33. The van der Waals surface area contributed by atoms with E-state index in [4.69, 9.17) is 16.3 Å². The Morgan fingerprint density at radius 2 is 1.57 bits per heavy atom. The molecule has 0 fully saturated rings. The normalized spacial score (nSPS) is 11.8. The van der Waals surface area contributed by atoms with Crippen molar-refractivity contribution in [2.24, 2.45) is 7.05 Å². The molecular weight excluding hydrogens is 470 g/mol. The maximum Gasteiger partial charge on any atom is 0.344 e. The Morgan fingerprint density at radius 3 is 2.17 bits per heavy atom. The summed E-state index contributed by atoms with van der Waals surface area (Å²) < 4.78 is 9.90. The topological polar surface area (TPSA) is 100 Å². The highest BCUT2D eigenvalue weighted by Crippen LogP contribution is 2.25. The van der Waals surface area contributed by atoms with Gasteiger partial charge in [0.2, 0.25) is 0 Å². The number of aromatic nitrogens is 4. The van der Waals surface area contributed by atoms with E-state index in [2.05, 4.69) is 10.4 Å². The van der Waals surface area contributed by atoms with Crippen molar-refractivity contribution in [3.05, 3.63) is 93.1 Å². The molecule has 4 rings (SSSR count). The molecule has 1 amide bonds. The lowest BCUT2D eigenvalue weighted by molar-refractivity contribution is -0.123. The lowest BCUT2D eigenvalue weighted by Crippen LogP contribution is -2.32. The van der Waals surface area contributed by atoms with Crippen molar-refractivity contribution in [1.82, 2.24) is 19.1 Å². The van der Waals surface area contributed by atoms with E-state index < -0.39 is 23.5 Å². The third-order valence-electron chi connectivity index (χ3n) is 5.66. The first kappa shape index (κ1) is 24.0. The minimum Gasteiger partial charge on any atom is -0.449 e. The number of hydrogen-bond donors (Lipinski definition) is 1. The molecule has 0 spiro atoms. The van der Waals surface area contributed by atoms with Crippen LogP contribution in [0.1, 0.15) is 28.7 Å². The van der Waals surface area contributed by atoms with Crippen LogP contribution in [0.5, 0.6) is 0 Å². The molecule has 10 heteroatoms. The molecule has 4 aromatic rings. The summed E-state index contributed by atoms with van der Waals surface area (Å²) in [5.41, 5.74) is 2.03. The zero-order valence-corrected chi connectivity index (χ0v) is 20.4. The number of halogens is 1. The number of amides is 1. The summed E-state index contributed by atoms with van der Waals surface area (Å²) in [6.07, 6.45) is -1.19. The number of aryl methyl sites for hydroxylation is 1. The molecule has 0 aliphatic carbocycles. The van der Waals surface area contributed by atoms with Crippen LogP contribution in [0.4, 0.5) is 5.69 Å². The number of esters is 1. The maximum absolute atomic E-state index is 13.0. The number of rotatable bonds is 6. The second-order valence-electron chi connectivity index (χ2n) is 7.97. The average molecular weight is 494 g/mol. The number of carbonyl (C=O) groups excluding carboxylic acids is 2. The molecule has 0 saturated carbocycles. The molecule has 0 aliphatic rings. The molecule has 1 atom stereocenters. The van der Waals surface area contributed by atoms with Crippen LogP contribution in [0.25, 0.3) is 11.4 Å². The van der Waals surface area contributed by atoms with Crippen molar-refractivity contribution in [2.75, 3.05) is 5.32 Å². The summed E-state index contributed by atoms with van der Waals surface area (Å²) >= 11 is 6.42.